The molecule has 0 aromatic rings. The first-order valence-corrected chi connectivity index (χ1v) is 3.04. The molecule has 2 N–H and O–H groups in total. The number of halogens is 5. The van der Waals surface area contributed by atoms with Crippen molar-refractivity contribution in [1.82, 2.24) is 0 Å². The van der Waals surface area contributed by atoms with Crippen molar-refractivity contribution in [3.8, 4) is 0 Å². The van der Waals surface area contributed by atoms with Crippen LogP contribution in [0.2, 0.25) is 0 Å². The second-order valence-corrected chi connectivity index (χ2v) is 1.87. The van der Waals surface area contributed by atoms with Crippen LogP contribution in [0.4, 0.5) is 26.7 Å². The van der Waals surface area contributed by atoms with Crippen LogP contribution in [-0.4, -0.2) is 29.2 Å². The highest BCUT2D eigenvalue weighted by Gasteiger charge is 2.24. The van der Waals surface area contributed by atoms with Crippen molar-refractivity contribution in [1.29, 1.82) is 0 Å². The van der Waals surface area contributed by atoms with Crippen LogP contribution in [0.3, 0.4) is 0 Å². The Morgan fingerprint density at radius 2 is 1.29 bits per heavy atom. The number of allylic oxidation sites excluding steroid dienone is 2. The van der Waals surface area contributed by atoms with Gasteiger partial charge in [0.05, 0.1) is 5.57 Å². The lowest BCUT2D eigenvalue weighted by molar-refractivity contribution is 0.106. The SMILES string of the molecule is CC(F)=C(C(F)F)C(F)F.O=C(O)O. The summed E-state index contributed by atoms with van der Waals surface area (Å²) in [6.07, 6.45) is -8.66. The second kappa shape index (κ2) is 7.10. The van der Waals surface area contributed by atoms with Crippen molar-refractivity contribution in [3.63, 3.8) is 0 Å². The van der Waals surface area contributed by atoms with Crippen LogP contribution in [0.15, 0.2) is 11.4 Å². The maximum Gasteiger partial charge on any atom is 0.503 e. The smallest absolute Gasteiger partial charge is 0.450 e. The first-order valence-electron chi connectivity index (χ1n) is 3.04. The molecule has 0 heterocycles. The third-order valence-electron chi connectivity index (χ3n) is 0.868. The Balaban J connectivity index is 0. The Morgan fingerprint density at radius 3 is 1.29 bits per heavy atom. The number of rotatable bonds is 2. The predicted octanol–water partition coefficient (Wildman–Crippen LogP) is 2.98. The van der Waals surface area contributed by atoms with Crippen LogP contribution in [-0.2, 0) is 0 Å². The molecule has 84 valence electrons. The summed E-state index contributed by atoms with van der Waals surface area (Å²) >= 11 is 0. The van der Waals surface area contributed by atoms with Crippen molar-refractivity contribution in [2.75, 3.05) is 0 Å². The van der Waals surface area contributed by atoms with Crippen molar-refractivity contribution in [2.45, 2.75) is 19.8 Å². The number of alkyl halides is 4. The molecule has 14 heavy (non-hydrogen) atoms. The molecule has 0 aliphatic carbocycles. The maximum absolute atomic E-state index is 11.8. The molecule has 0 atom stereocenters. The van der Waals surface area contributed by atoms with Gasteiger partial charge in [0.1, 0.15) is 5.83 Å². The lowest BCUT2D eigenvalue weighted by Crippen LogP contribution is -2.07. The molecule has 3 nitrogen and oxygen atoms in total. The first kappa shape index (κ1) is 15.1. The summed E-state index contributed by atoms with van der Waals surface area (Å²) in [6.45, 7) is 0.577. The third-order valence-corrected chi connectivity index (χ3v) is 0.868. The van der Waals surface area contributed by atoms with E-state index in [-0.39, 0.29) is 0 Å². The molecule has 0 aliphatic heterocycles. The summed E-state index contributed by atoms with van der Waals surface area (Å²) in [5.74, 6) is -1.51. The Morgan fingerprint density at radius 1 is 1.07 bits per heavy atom. The predicted molar refractivity (Wildman–Crippen MR) is 36.5 cm³/mol. The number of hydrogen-bond acceptors (Lipinski definition) is 1. The zero-order chi connectivity index (χ0) is 11.9. The quantitative estimate of drug-likeness (QED) is 0.706. The van der Waals surface area contributed by atoms with E-state index in [1.807, 2.05) is 0 Å². The minimum atomic E-state index is -3.41. The van der Waals surface area contributed by atoms with E-state index in [2.05, 4.69) is 0 Å². The molecule has 0 bridgehead atoms. The van der Waals surface area contributed by atoms with Gasteiger partial charge in [-0.25, -0.2) is 26.7 Å². The molecule has 0 saturated carbocycles. The van der Waals surface area contributed by atoms with Gasteiger partial charge in [0.2, 0.25) is 0 Å². The Labute approximate surface area is 75.5 Å². The van der Waals surface area contributed by atoms with E-state index in [9.17, 15) is 22.0 Å². The van der Waals surface area contributed by atoms with Gasteiger partial charge in [-0.15, -0.1) is 0 Å². The topological polar surface area (TPSA) is 57.5 Å². The van der Waals surface area contributed by atoms with Crippen molar-refractivity contribution >= 4 is 6.16 Å². The van der Waals surface area contributed by atoms with E-state index in [4.69, 9.17) is 15.0 Å². The molecule has 0 fully saturated rings. The van der Waals surface area contributed by atoms with Crippen LogP contribution in [0.5, 0.6) is 0 Å². The summed E-state index contributed by atoms with van der Waals surface area (Å²) in [7, 11) is 0. The molecule has 0 unspecified atom stereocenters. The van der Waals surface area contributed by atoms with E-state index in [1.165, 1.54) is 0 Å². The summed E-state index contributed by atoms with van der Waals surface area (Å²) in [6, 6.07) is 0. The Bertz CT molecular complexity index is 196. The molecule has 0 aromatic carbocycles. The van der Waals surface area contributed by atoms with E-state index < -0.39 is 30.4 Å². The molecular weight excluding hydrogens is 215 g/mol. The molecule has 0 aromatic heterocycles. The Hall–Kier alpha value is -1.34. The minimum absolute atomic E-state index is 0.577. The summed E-state index contributed by atoms with van der Waals surface area (Å²) in [5, 5.41) is 13.9. The van der Waals surface area contributed by atoms with Crippen molar-refractivity contribution in [2.24, 2.45) is 0 Å². The molecule has 0 spiro atoms. The average molecular weight is 222 g/mol. The molecule has 0 saturated heterocycles. The van der Waals surface area contributed by atoms with Crippen molar-refractivity contribution in [3.05, 3.63) is 11.4 Å². The fourth-order valence-electron chi connectivity index (χ4n) is 0.396. The van der Waals surface area contributed by atoms with Crippen LogP contribution >= 0.6 is 0 Å². The van der Waals surface area contributed by atoms with Gasteiger partial charge < -0.3 is 10.2 Å². The average Bonchev–Trinajstić information content (AvgIpc) is 1.80. The number of carboxylic acid groups (broad SMARTS) is 2. The monoisotopic (exact) mass is 222 g/mol. The zero-order valence-corrected chi connectivity index (χ0v) is 6.85. The van der Waals surface area contributed by atoms with Gasteiger partial charge in [-0.05, 0) is 6.92 Å². The van der Waals surface area contributed by atoms with Crippen LogP contribution in [0.25, 0.3) is 0 Å². The Kier molecular flexibility index (Phi) is 7.68. The molecule has 0 radical (unpaired) electrons. The maximum atomic E-state index is 11.8. The van der Waals surface area contributed by atoms with E-state index in [0.29, 0.717) is 6.92 Å². The lowest BCUT2D eigenvalue weighted by Gasteiger charge is -2.03. The van der Waals surface area contributed by atoms with Crippen LogP contribution in [0, 0.1) is 0 Å². The van der Waals surface area contributed by atoms with Gasteiger partial charge in [0.25, 0.3) is 12.9 Å². The zero-order valence-electron chi connectivity index (χ0n) is 6.85. The van der Waals surface area contributed by atoms with Crippen LogP contribution < -0.4 is 0 Å². The third kappa shape index (κ3) is 8.75. The largest absolute Gasteiger partial charge is 0.503 e. The van der Waals surface area contributed by atoms with E-state index >= 15 is 0 Å². The highest BCUT2D eigenvalue weighted by Crippen LogP contribution is 2.21. The highest BCUT2D eigenvalue weighted by atomic mass is 19.3. The van der Waals surface area contributed by atoms with Gasteiger partial charge in [-0.1, -0.05) is 0 Å². The minimum Gasteiger partial charge on any atom is -0.450 e. The molecule has 0 aliphatic rings. The molecule has 0 rings (SSSR count). The molecular formula is C6H7F5O3. The normalized spacial score (nSPS) is 9.43. The summed E-state index contributed by atoms with van der Waals surface area (Å²) in [4.78, 5) is 8.56. The van der Waals surface area contributed by atoms with E-state index in [1.54, 1.807) is 0 Å². The van der Waals surface area contributed by atoms with E-state index in [0.717, 1.165) is 0 Å². The van der Waals surface area contributed by atoms with Gasteiger partial charge in [-0.2, -0.15) is 0 Å². The molecule has 8 heteroatoms. The molecule has 0 amide bonds. The lowest BCUT2D eigenvalue weighted by atomic mass is 10.2. The second-order valence-electron chi connectivity index (χ2n) is 1.87. The fourth-order valence-corrected chi connectivity index (χ4v) is 0.396. The fraction of sp³-hybridized carbons (Fsp3) is 0.500. The van der Waals surface area contributed by atoms with Gasteiger partial charge in [0.15, 0.2) is 0 Å². The van der Waals surface area contributed by atoms with Crippen LogP contribution in [0.1, 0.15) is 6.92 Å². The summed E-state index contributed by atoms with van der Waals surface area (Å²) < 4.78 is 57.5. The van der Waals surface area contributed by atoms with Crippen molar-refractivity contribution < 1.29 is 37.0 Å². The van der Waals surface area contributed by atoms with Gasteiger partial charge in [0, 0.05) is 0 Å². The standard InChI is InChI=1S/C5H5F5.CH2O3/c1-2(6)3(4(7)8)5(9)10;2-1(3)4/h4-5H,1H3;(H2,2,3,4). The first-order chi connectivity index (χ1) is 6.20. The van der Waals surface area contributed by atoms with Gasteiger partial charge in [-0.3, -0.25) is 0 Å². The summed E-state index contributed by atoms with van der Waals surface area (Å²) in [5.41, 5.74) is -1.72. The highest BCUT2D eigenvalue weighted by molar-refractivity contribution is 5.53. The number of hydrogen-bond donors (Lipinski definition) is 2. The number of carbonyl (C=O) groups is 1. The van der Waals surface area contributed by atoms with Gasteiger partial charge >= 0.3 is 6.16 Å².